The topological polar surface area (TPSA) is 42.4 Å². The molecular weight excluding hydrogens is 246 g/mol. The van der Waals surface area contributed by atoms with Gasteiger partial charge in [-0.15, -0.1) is 11.3 Å². The van der Waals surface area contributed by atoms with Crippen molar-refractivity contribution in [3.8, 4) is 5.75 Å². The molecule has 1 aromatic carbocycles. The number of rotatable bonds is 4. The van der Waals surface area contributed by atoms with Crippen molar-refractivity contribution in [1.29, 1.82) is 0 Å². The standard InChI is InChI=1S/C11H10ClNO2S/c12-8-1-3-9(4-2-8)15-7-11-13-5-10(6-14)16-11/h1-5,14H,6-7H2. The molecule has 5 heteroatoms. The Hall–Kier alpha value is -1.10. The van der Waals surface area contributed by atoms with E-state index in [1.165, 1.54) is 11.3 Å². The molecule has 3 nitrogen and oxygen atoms in total. The highest BCUT2D eigenvalue weighted by atomic mass is 35.5. The third-order valence-corrected chi connectivity index (χ3v) is 3.14. The molecule has 1 aromatic heterocycles. The Morgan fingerprint density at radius 2 is 2.06 bits per heavy atom. The van der Waals surface area contributed by atoms with Crippen LogP contribution < -0.4 is 4.74 Å². The first-order chi connectivity index (χ1) is 7.78. The Balaban J connectivity index is 1.94. The minimum absolute atomic E-state index is 0.0264. The number of thiazole rings is 1. The molecule has 16 heavy (non-hydrogen) atoms. The van der Waals surface area contributed by atoms with Gasteiger partial charge in [-0.3, -0.25) is 0 Å². The summed E-state index contributed by atoms with van der Waals surface area (Å²) in [4.78, 5) is 4.97. The summed E-state index contributed by atoms with van der Waals surface area (Å²) in [6.07, 6.45) is 1.66. The summed E-state index contributed by atoms with van der Waals surface area (Å²) >= 11 is 7.20. The van der Waals surface area contributed by atoms with Gasteiger partial charge in [0.15, 0.2) is 0 Å². The van der Waals surface area contributed by atoms with Gasteiger partial charge >= 0.3 is 0 Å². The van der Waals surface area contributed by atoms with E-state index in [0.717, 1.165) is 15.6 Å². The average Bonchev–Trinajstić information content (AvgIpc) is 2.76. The molecule has 0 saturated heterocycles. The molecule has 0 aliphatic heterocycles. The van der Waals surface area contributed by atoms with Crippen molar-refractivity contribution in [1.82, 2.24) is 4.98 Å². The van der Waals surface area contributed by atoms with E-state index < -0.39 is 0 Å². The van der Waals surface area contributed by atoms with Crippen LogP contribution in [0.4, 0.5) is 0 Å². The summed E-state index contributed by atoms with van der Waals surface area (Å²) in [7, 11) is 0. The van der Waals surface area contributed by atoms with E-state index >= 15 is 0 Å². The number of aliphatic hydroxyl groups is 1. The highest BCUT2D eigenvalue weighted by molar-refractivity contribution is 7.11. The Morgan fingerprint density at radius 3 is 2.69 bits per heavy atom. The van der Waals surface area contributed by atoms with Gasteiger partial charge in [0.25, 0.3) is 0 Å². The number of hydrogen-bond donors (Lipinski definition) is 1. The molecule has 0 spiro atoms. The van der Waals surface area contributed by atoms with E-state index in [1.54, 1.807) is 18.3 Å². The second-order valence-electron chi connectivity index (χ2n) is 3.12. The van der Waals surface area contributed by atoms with E-state index in [-0.39, 0.29) is 6.61 Å². The van der Waals surface area contributed by atoms with Crippen molar-refractivity contribution in [2.45, 2.75) is 13.2 Å². The molecule has 84 valence electrons. The fourth-order valence-corrected chi connectivity index (χ4v) is 1.99. The van der Waals surface area contributed by atoms with Crippen LogP contribution in [0.5, 0.6) is 5.75 Å². The fourth-order valence-electron chi connectivity index (χ4n) is 1.16. The van der Waals surface area contributed by atoms with Gasteiger partial charge in [-0.2, -0.15) is 0 Å². The number of benzene rings is 1. The smallest absolute Gasteiger partial charge is 0.140 e. The molecule has 2 aromatic rings. The van der Waals surface area contributed by atoms with Crippen LogP contribution in [0.15, 0.2) is 30.5 Å². The van der Waals surface area contributed by atoms with Crippen molar-refractivity contribution in [3.63, 3.8) is 0 Å². The first kappa shape index (κ1) is 11.4. The zero-order valence-corrected chi connectivity index (χ0v) is 9.96. The molecule has 2 rings (SSSR count). The summed E-state index contributed by atoms with van der Waals surface area (Å²) in [5, 5.41) is 10.4. The molecule has 1 heterocycles. The highest BCUT2D eigenvalue weighted by Crippen LogP contribution is 2.18. The molecule has 1 N–H and O–H groups in total. The lowest BCUT2D eigenvalue weighted by Crippen LogP contribution is -1.93. The molecule has 0 aliphatic rings. The zero-order chi connectivity index (χ0) is 11.4. The maximum absolute atomic E-state index is 8.88. The summed E-state index contributed by atoms with van der Waals surface area (Å²) in [6, 6.07) is 7.17. The lowest BCUT2D eigenvalue weighted by molar-refractivity contribution is 0.285. The van der Waals surface area contributed by atoms with Gasteiger partial charge in [0, 0.05) is 11.2 Å². The van der Waals surface area contributed by atoms with Crippen molar-refractivity contribution in [3.05, 3.63) is 45.4 Å². The van der Waals surface area contributed by atoms with E-state index in [0.29, 0.717) is 11.6 Å². The Bertz CT molecular complexity index is 455. The summed E-state index contributed by atoms with van der Waals surface area (Å²) in [5.41, 5.74) is 0. The van der Waals surface area contributed by atoms with Gasteiger partial charge in [-0.1, -0.05) is 11.6 Å². The molecule has 0 radical (unpaired) electrons. The van der Waals surface area contributed by atoms with E-state index in [4.69, 9.17) is 21.4 Å². The number of halogens is 1. The van der Waals surface area contributed by atoms with Crippen LogP contribution in [-0.2, 0) is 13.2 Å². The number of aromatic nitrogens is 1. The third kappa shape index (κ3) is 2.95. The maximum atomic E-state index is 8.88. The lowest BCUT2D eigenvalue weighted by Gasteiger charge is -2.03. The van der Waals surface area contributed by atoms with Gasteiger partial charge in [0.1, 0.15) is 17.4 Å². The summed E-state index contributed by atoms with van der Waals surface area (Å²) in [5.74, 6) is 0.755. The SMILES string of the molecule is OCc1cnc(COc2ccc(Cl)cc2)s1. The van der Waals surface area contributed by atoms with Crippen LogP contribution >= 0.6 is 22.9 Å². The van der Waals surface area contributed by atoms with Crippen molar-refractivity contribution in [2.24, 2.45) is 0 Å². The van der Waals surface area contributed by atoms with Crippen molar-refractivity contribution in [2.75, 3.05) is 0 Å². The third-order valence-electron chi connectivity index (χ3n) is 1.93. The quantitative estimate of drug-likeness (QED) is 0.914. The zero-order valence-electron chi connectivity index (χ0n) is 8.39. The van der Waals surface area contributed by atoms with E-state index in [2.05, 4.69) is 4.98 Å². The van der Waals surface area contributed by atoms with Gasteiger partial charge in [-0.05, 0) is 24.3 Å². The van der Waals surface area contributed by atoms with Gasteiger partial charge < -0.3 is 9.84 Å². The number of ether oxygens (including phenoxy) is 1. The Kier molecular flexibility index (Phi) is 3.77. The van der Waals surface area contributed by atoms with Gasteiger partial charge in [0.2, 0.25) is 0 Å². The predicted molar refractivity (Wildman–Crippen MR) is 63.8 cm³/mol. The first-order valence-corrected chi connectivity index (χ1v) is 5.90. The van der Waals surface area contributed by atoms with Crippen molar-refractivity contribution < 1.29 is 9.84 Å². The van der Waals surface area contributed by atoms with Crippen molar-refractivity contribution >= 4 is 22.9 Å². The van der Waals surface area contributed by atoms with Crippen LogP contribution in [0.1, 0.15) is 9.88 Å². The molecule has 0 amide bonds. The molecule has 0 aliphatic carbocycles. The predicted octanol–water partition coefficient (Wildman–Crippen LogP) is 2.87. The Morgan fingerprint density at radius 1 is 1.31 bits per heavy atom. The molecule has 0 atom stereocenters. The molecule has 0 unspecified atom stereocenters. The van der Waals surface area contributed by atoms with Crippen LogP contribution in [0.3, 0.4) is 0 Å². The fraction of sp³-hybridized carbons (Fsp3) is 0.182. The maximum Gasteiger partial charge on any atom is 0.140 e. The highest BCUT2D eigenvalue weighted by Gasteiger charge is 2.02. The van der Waals surface area contributed by atoms with Crippen LogP contribution in [0.2, 0.25) is 5.02 Å². The monoisotopic (exact) mass is 255 g/mol. The summed E-state index contributed by atoms with van der Waals surface area (Å²) < 4.78 is 5.51. The van der Waals surface area contributed by atoms with Gasteiger partial charge in [-0.25, -0.2) is 4.98 Å². The molecular formula is C11H10ClNO2S. The number of nitrogens with zero attached hydrogens (tertiary/aromatic N) is 1. The largest absolute Gasteiger partial charge is 0.486 e. The molecule has 0 bridgehead atoms. The normalized spacial score (nSPS) is 10.4. The lowest BCUT2D eigenvalue weighted by atomic mass is 10.3. The van der Waals surface area contributed by atoms with Crippen LogP contribution in [0.25, 0.3) is 0 Å². The van der Waals surface area contributed by atoms with Crippen LogP contribution in [-0.4, -0.2) is 10.1 Å². The van der Waals surface area contributed by atoms with E-state index in [1.807, 2.05) is 12.1 Å². The first-order valence-electron chi connectivity index (χ1n) is 4.71. The van der Waals surface area contributed by atoms with Crippen LogP contribution in [0, 0.1) is 0 Å². The number of aliphatic hydroxyl groups excluding tert-OH is 1. The van der Waals surface area contributed by atoms with E-state index in [9.17, 15) is 0 Å². The average molecular weight is 256 g/mol. The van der Waals surface area contributed by atoms with Gasteiger partial charge in [0.05, 0.1) is 11.5 Å². The Labute approximate surface area is 102 Å². The minimum atomic E-state index is 0.0264. The molecule has 0 saturated carbocycles. The second kappa shape index (κ2) is 5.30. The number of hydrogen-bond acceptors (Lipinski definition) is 4. The summed E-state index contributed by atoms with van der Waals surface area (Å²) in [6.45, 7) is 0.435. The second-order valence-corrected chi connectivity index (χ2v) is 4.76. The molecule has 0 fully saturated rings. The minimum Gasteiger partial charge on any atom is -0.486 e.